The van der Waals surface area contributed by atoms with Crippen LogP contribution in [0.3, 0.4) is 0 Å². The highest BCUT2D eigenvalue weighted by molar-refractivity contribution is 6.29. The Morgan fingerprint density at radius 1 is 1.14 bits per heavy atom. The molecule has 0 spiro atoms. The van der Waals surface area contributed by atoms with Crippen LogP contribution in [0.25, 0.3) is 0 Å². The molecule has 2 rings (SSSR count). The van der Waals surface area contributed by atoms with E-state index in [1.54, 1.807) is 18.2 Å². The number of aromatic nitrogens is 1. The normalized spacial score (nSPS) is 12.2. The van der Waals surface area contributed by atoms with Gasteiger partial charge in [0.05, 0.1) is 6.04 Å². The van der Waals surface area contributed by atoms with Gasteiger partial charge < -0.3 is 5.32 Å². The number of pyridine rings is 1. The van der Waals surface area contributed by atoms with Crippen molar-refractivity contribution in [3.05, 3.63) is 64.9 Å². The van der Waals surface area contributed by atoms with E-state index in [4.69, 9.17) is 11.6 Å². The van der Waals surface area contributed by atoms with Crippen molar-refractivity contribution in [3.63, 3.8) is 0 Å². The summed E-state index contributed by atoms with van der Waals surface area (Å²) in [6.45, 7) is 4.28. The molecular weight excluding hydrogens is 284 g/mol. The van der Waals surface area contributed by atoms with E-state index in [2.05, 4.69) is 24.1 Å². The van der Waals surface area contributed by atoms with Gasteiger partial charge in [-0.15, -0.1) is 0 Å². The number of carbonyl (C=O) groups excluding carboxylic acids is 1. The third-order valence-corrected chi connectivity index (χ3v) is 3.37. The Labute approximate surface area is 130 Å². The van der Waals surface area contributed by atoms with Crippen molar-refractivity contribution in [1.29, 1.82) is 0 Å². The first kappa shape index (κ1) is 15.5. The maximum Gasteiger partial charge on any atom is 0.270 e. The number of amides is 1. The molecule has 0 bridgehead atoms. The summed E-state index contributed by atoms with van der Waals surface area (Å²) in [5.74, 6) is 0.273. The zero-order chi connectivity index (χ0) is 15.2. The highest BCUT2D eigenvalue weighted by Gasteiger charge is 2.17. The van der Waals surface area contributed by atoms with Gasteiger partial charge in [0.1, 0.15) is 10.8 Å². The van der Waals surface area contributed by atoms with Crippen LogP contribution >= 0.6 is 11.6 Å². The van der Waals surface area contributed by atoms with E-state index in [0.29, 0.717) is 16.8 Å². The van der Waals surface area contributed by atoms with Gasteiger partial charge in [0.25, 0.3) is 5.91 Å². The van der Waals surface area contributed by atoms with Crippen LogP contribution in [0.1, 0.15) is 42.4 Å². The van der Waals surface area contributed by atoms with E-state index in [1.165, 1.54) is 0 Å². The molecule has 0 aliphatic heterocycles. The van der Waals surface area contributed by atoms with Crippen LogP contribution in [0.4, 0.5) is 0 Å². The topological polar surface area (TPSA) is 42.0 Å². The molecule has 1 amide bonds. The Balaban J connectivity index is 2.17. The molecule has 0 saturated heterocycles. The highest BCUT2D eigenvalue weighted by Crippen LogP contribution is 2.21. The second-order valence-corrected chi connectivity index (χ2v) is 5.80. The molecule has 1 N–H and O–H groups in total. The molecule has 110 valence electrons. The maximum atomic E-state index is 12.3. The standard InChI is InChI=1S/C17H19ClN2O/c1-12(2)11-15(13-7-4-3-5-8-13)20-17(21)14-9-6-10-16(18)19-14/h3-10,12,15H,11H2,1-2H3,(H,20,21). The lowest BCUT2D eigenvalue weighted by atomic mass is 9.97. The molecule has 1 atom stereocenters. The predicted molar refractivity (Wildman–Crippen MR) is 85.4 cm³/mol. The zero-order valence-electron chi connectivity index (χ0n) is 12.2. The van der Waals surface area contributed by atoms with Crippen molar-refractivity contribution < 1.29 is 4.79 Å². The molecule has 4 heteroatoms. The summed E-state index contributed by atoms with van der Waals surface area (Å²) in [5.41, 5.74) is 1.44. The van der Waals surface area contributed by atoms with E-state index >= 15 is 0 Å². The summed E-state index contributed by atoms with van der Waals surface area (Å²) in [6.07, 6.45) is 0.871. The lowest BCUT2D eigenvalue weighted by molar-refractivity contribution is 0.0927. The van der Waals surface area contributed by atoms with Crippen molar-refractivity contribution in [1.82, 2.24) is 10.3 Å². The molecule has 1 aromatic carbocycles. The van der Waals surface area contributed by atoms with Crippen LogP contribution < -0.4 is 5.32 Å². The molecule has 0 aliphatic carbocycles. The summed E-state index contributed by atoms with van der Waals surface area (Å²) in [7, 11) is 0. The second-order valence-electron chi connectivity index (χ2n) is 5.41. The fourth-order valence-electron chi connectivity index (χ4n) is 2.20. The van der Waals surface area contributed by atoms with Gasteiger partial charge in [0.2, 0.25) is 0 Å². The molecule has 0 aliphatic rings. The number of hydrogen-bond donors (Lipinski definition) is 1. The Morgan fingerprint density at radius 3 is 2.48 bits per heavy atom. The Bertz CT molecular complexity index is 599. The van der Waals surface area contributed by atoms with Crippen LogP contribution in [0.2, 0.25) is 5.15 Å². The molecule has 1 aromatic heterocycles. The largest absolute Gasteiger partial charge is 0.344 e. The number of carbonyl (C=O) groups is 1. The Hall–Kier alpha value is -1.87. The molecule has 21 heavy (non-hydrogen) atoms. The molecule has 0 fully saturated rings. The third-order valence-electron chi connectivity index (χ3n) is 3.16. The van der Waals surface area contributed by atoms with Gasteiger partial charge >= 0.3 is 0 Å². The smallest absolute Gasteiger partial charge is 0.270 e. The van der Waals surface area contributed by atoms with E-state index in [-0.39, 0.29) is 11.9 Å². The van der Waals surface area contributed by atoms with E-state index in [9.17, 15) is 4.79 Å². The minimum absolute atomic E-state index is 0.0283. The van der Waals surface area contributed by atoms with Crippen molar-refractivity contribution in [2.45, 2.75) is 26.3 Å². The van der Waals surface area contributed by atoms with Gasteiger partial charge in [0.15, 0.2) is 0 Å². The first-order valence-electron chi connectivity index (χ1n) is 7.04. The molecular formula is C17H19ClN2O. The molecule has 3 nitrogen and oxygen atoms in total. The van der Waals surface area contributed by atoms with Crippen molar-refractivity contribution >= 4 is 17.5 Å². The second kappa shape index (κ2) is 7.23. The number of nitrogens with zero attached hydrogens (tertiary/aromatic N) is 1. The average molecular weight is 303 g/mol. The van der Waals surface area contributed by atoms with Crippen LogP contribution in [0, 0.1) is 5.92 Å². The van der Waals surface area contributed by atoms with Gasteiger partial charge in [-0.1, -0.05) is 61.8 Å². The van der Waals surface area contributed by atoms with Gasteiger partial charge in [-0.05, 0) is 30.0 Å². The summed E-state index contributed by atoms with van der Waals surface area (Å²) < 4.78 is 0. The van der Waals surface area contributed by atoms with Gasteiger partial charge in [0, 0.05) is 0 Å². The Kier molecular flexibility index (Phi) is 5.34. The number of hydrogen-bond acceptors (Lipinski definition) is 2. The SMILES string of the molecule is CC(C)CC(NC(=O)c1cccc(Cl)n1)c1ccccc1. The number of rotatable bonds is 5. The van der Waals surface area contributed by atoms with Gasteiger partial charge in [-0.3, -0.25) is 4.79 Å². The van der Waals surface area contributed by atoms with Gasteiger partial charge in [-0.2, -0.15) is 0 Å². The monoisotopic (exact) mass is 302 g/mol. The first-order chi connectivity index (χ1) is 10.1. The minimum Gasteiger partial charge on any atom is -0.344 e. The van der Waals surface area contributed by atoms with Crippen molar-refractivity contribution in [2.75, 3.05) is 0 Å². The minimum atomic E-state index is -0.202. The van der Waals surface area contributed by atoms with E-state index < -0.39 is 0 Å². The summed E-state index contributed by atoms with van der Waals surface area (Å²) in [4.78, 5) is 16.4. The molecule has 0 radical (unpaired) electrons. The lowest BCUT2D eigenvalue weighted by Gasteiger charge is -2.21. The Morgan fingerprint density at radius 2 is 1.86 bits per heavy atom. The van der Waals surface area contributed by atoms with Crippen LogP contribution in [0.15, 0.2) is 48.5 Å². The van der Waals surface area contributed by atoms with Crippen molar-refractivity contribution in [2.24, 2.45) is 5.92 Å². The molecule has 2 aromatic rings. The summed E-state index contributed by atoms with van der Waals surface area (Å²) >= 11 is 5.84. The van der Waals surface area contributed by atoms with Crippen LogP contribution in [0.5, 0.6) is 0 Å². The average Bonchev–Trinajstić information content (AvgIpc) is 2.47. The first-order valence-corrected chi connectivity index (χ1v) is 7.42. The quantitative estimate of drug-likeness (QED) is 0.839. The highest BCUT2D eigenvalue weighted by atomic mass is 35.5. The number of halogens is 1. The lowest BCUT2D eigenvalue weighted by Crippen LogP contribution is -2.30. The van der Waals surface area contributed by atoms with E-state index in [0.717, 1.165) is 12.0 Å². The van der Waals surface area contributed by atoms with Crippen LogP contribution in [-0.4, -0.2) is 10.9 Å². The maximum absolute atomic E-state index is 12.3. The fourth-order valence-corrected chi connectivity index (χ4v) is 2.37. The number of benzene rings is 1. The molecule has 0 saturated carbocycles. The molecule has 1 unspecified atom stereocenters. The fraction of sp³-hybridized carbons (Fsp3) is 0.294. The zero-order valence-corrected chi connectivity index (χ0v) is 13.0. The number of nitrogens with one attached hydrogen (secondary N) is 1. The predicted octanol–water partition coefficient (Wildman–Crippen LogP) is 4.25. The van der Waals surface area contributed by atoms with E-state index in [1.807, 2.05) is 30.3 Å². The summed E-state index contributed by atoms with van der Waals surface area (Å²) in [5, 5.41) is 3.37. The third kappa shape index (κ3) is 4.57. The van der Waals surface area contributed by atoms with Gasteiger partial charge in [-0.25, -0.2) is 4.98 Å². The molecule has 1 heterocycles. The van der Waals surface area contributed by atoms with Crippen molar-refractivity contribution in [3.8, 4) is 0 Å². The summed E-state index contributed by atoms with van der Waals surface area (Å²) in [6, 6.07) is 15.0. The van der Waals surface area contributed by atoms with Crippen LogP contribution in [-0.2, 0) is 0 Å².